The standard InChI is InChI=1S/C17H21N7/c1-13-14(2)22-17(15-7-3-4-8-18-15)23-16(13)19-9-5-6-10-24-11-20-21-12-24/h3-4,7-8,11-12H,5-6,9-10H2,1-2H3,(H,19,22,23). The van der Waals surface area contributed by atoms with E-state index in [0.29, 0.717) is 5.82 Å². The quantitative estimate of drug-likeness (QED) is 0.673. The maximum atomic E-state index is 4.64. The van der Waals surface area contributed by atoms with Gasteiger partial charge in [-0.1, -0.05) is 6.07 Å². The fourth-order valence-corrected chi connectivity index (χ4v) is 2.37. The van der Waals surface area contributed by atoms with Crippen LogP contribution in [0.15, 0.2) is 37.1 Å². The Morgan fingerprint density at radius 3 is 2.62 bits per heavy atom. The van der Waals surface area contributed by atoms with E-state index in [1.807, 2.05) is 36.6 Å². The van der Waals surface area contributed by atoms with E-state index in [9.17, 15) is 0 Å². The van der Waals surface area contributed by atoms with Gasteiger partial charge in [-0.2, -0.15) is 0 Å². The van der Waals surface area contributed by atoms with Crippen molar-refractivity contribution in [3.63, 3.8) is 0 Å². The topological polar surface area (TPSA) is 81.4 Å². The molecule has 3 heterocycles. The molecule has 0 amide bonds. The van der Waals surface area contributed by atoms with Crippen molar-refractivity contribution in [3.05, 3.63) is 48.3 Å². The summed E-state index contributed by atoms with van der Waals surface area (Å²) in [5.74, 6) is 1.54. The second-order valence-corrected chi connectivity index (χ2v) is 5.65. The molecule has 0 spiro atoms. The molecule has 7 nitrogen and oxygen atoms in total. The molecule has 0 saturated heterocycles. The summed E-state index contributed by atoms with van der Waals surface area (Å²) >= 11 is 0. The summed E-state index contributed by atoms with van der Waals surface area (Å²) in [4.78, 5) is 13.5. The maximum absolute atomic E-state index is 4.64. The summed E-state index contributed by atoms with van der Waals surface area (Å²) in [5.41, 5.74) is 2.84. The smallest absolute Gasteiger partial charge is 0.180 e. The molecule has 0 saturated carbocycles. The highest BCUT2D eigenvalue weighted by molar-refractivity contribution is 5.56. The van der Waals surface area contributed by atoms with Gasteiger partial charge in [-0.25, -0.2) is 9.97 Å². The Hall–Kier alpha value is -2.83. The zero-order chi connectivity index (χ0) is 16.8. The van der Waals surface area contributed by atoms with Crippen LogP contribution in [0.1, 0.15) is 24.1 Å². The minimum absolute atomic E-state index is 0.658. The molecule has 24 heavy (non-hydrogen) atoms. The predicted molar refractivity (Wildman–Crippen MR) is 92.5 cm³/mol. The largest absolute Gasteiger partial charge is 0.370 e. The minimum atomic E-state index is 0.658. The van der Waals surface area contributed by atoms with Crippen LogP contribution in [-0.2, 0) is 6.54 Å². The lowest BCUT2D eigenvalue weighted by Crippen LogP contribution is -2.09. The van der Waals surface area contributed by atoms with Gasteiger partial charge in [0.2, 0.25) is 0 Å². The number of nitrogens with zero attached hydrogens (tertiary/aromatic N) is 6. The average Bonchev–Trinajstić information content (AvgIpc) is 3.12. The second kappa shape index (κ2) is 7.63. The molecule has 3 aromatic heterocycles. The number of anilines is 1. The van der Waals surface area contributed by atoms with Crippen LogP contribution in [0.4, 0.5) is 5.82 Å². The third-order valence-corrected chi connectivity index (χ3v) is 3.89. The molecule has 0 aromatic carbocycles. The molecule has 1 N–H and O–H groups in total. The van der Waals surface area contributed by atoms with Crippen molar-refractivity contribution in [3.8, 4) is 11.5 Å². The van der Waals surface area contributed by atoms with Crippen LogP contribution in [0.25, 0.3) is 11.5 Å². The highest BCUT2D eigenvalue weighted by atomic mass is 15.2. The number of hydrogen-bond donors (Lipinski definition) is 1. The Morgan fingerprint density at radius 1 is 1.04 bits per heavy atom. The van der Waals surface area contributed by atoms with E-state index in [4.69, 9.17) is 0 Å². The molecule has 0 radical (unpaired) electrons. The first-order chi connectivity index (χ1) is 11.7. The minimum Gasteiger partial charge on any atom is -0.370 e. The Kier molecular flexibility index (Phi) is 5.10. The molecule has 124 valence electrons. The van der Waals surface area contributed by atoms with Gasteiger partial charge >= 0.3 is 0 Å². The molecule has 0 bridgehead atoms. The van der Waals surface area contributed by atoms with Crippen molar-refractivity contribution in [2.24, 2.45) is 0 Å². The number of pyridine rings is 1. The van der Waals surface area contributed by atoms with Gasteiger partial charge in [-0.3, -0.25) is 4.98 Å². The third kappa shape index (κ3) is 3.92. The van der Waals surface area contributed by atoms with E-state index in [0.717, 1.165) is 48.7 Å². The molecule has 0 aliphatic rings. The van der Waals surface area contributed by atoms with E-state index in [1.165, 1.54) is 0 Å². The number of unbranched alkanes of at least 4 members (excludes halogenated alkanes) is 1. The van der Waals surface area contributed by atoms with Gasteiger partial charge in [0.15, 0.2) is 5.82 Å². The molecule has 7 heteroatoms. The SMILES string of the molecule is Cc1nc(-c2ccccn2)nc(NCCCCn2cnnc2)c1C. The first-order valence-corrected chi connectivity index (χ1v) is 8.07. The van der Waals surface area contributed by atoms with Crippen LogP contribution >= 0.6 is 0 Å². The molecule has 3 aromatic rings. The monoisotopic (exact) mass is 323 g/mol. The van der Waals surface area contributed by atoms with Gasteiger partial charge < -0.3 is 9.88 Å². The lowest BCUT2D eigenvalue weighted by Gasteiger charge is -2.12. The highest BCUT2D eigenvalue weighted by Crippen LogP contribution is 2.20. The van der Waals surface area contributed by atoms with Gasteiger partial charge in [0.05, 0.1) is 0 Å². The Balaban J connectivity index is 1.61. The van der Waals surface area contributed by atoms with Gasteiger partial charge in [0.25, 0.3) is 0 Å². The van der Waals surface area contributed by atoms with Crippen molar-refractivity contribution in [2.75, 3.05) is 11.9 Å². The molecule has 0 atom stereocenters. The van der Waals surface area contributed by atoms with Crippen LogP contribution in [-0.4, -0.2) is 36.3 Å². The summed E-state index contributed by atoms with van der Waals surface area (Å²) in [7, 11) is 0. The van der Waals surface area contributed by atoms with Gasteiger partial charge in [0, 0.05) is 30.5 Å². The van der Waals surface area contributed by atoms with Crippen LogP contribution in [0.5, 0.6) is 0 Å². The summed E-state index contributed by atoms with van der Waals surface area (Å²) in [6.07, 6.45) is 7.34. The van der Waals surface area contributed by atoms with Gasteiger partial charge in [-0.05, 0) is 38.8 Å². The van der Waals surface area contributed by atoms with Gasteiger partial charge in [-0.15, -0.1) is 10.2 Å². The summed E-state index contributed by atoms with van der Waals surface area (Å²) in [5, 5.41) is 11.0. The molecule has 0 unspecified atom stereocenters. The van der Waals surface area contributed by atoms with E-state index < -0.39 is 0 Å². The van der Waals surface area contributed by atoms with Crippen LogP contribution in [0.2, 0.25) is 0 Å². The lowest BCUT2D eigenvalue weighted by atomic mass is 10.2. The molecule has 0 fully saturated rings. The third-order valence-electron chi connectivity index (χ3n) is 3.89. The Morgan fingerprint density at radius 2 is 1.88 bits per heavy atom. The van der Waals surface area contributed by atoms with Crippen molar-refractivity contribution < 1.29 is 0 Å². The fraction of sp³-hybridized carbons (Fsp3) is 0.353. The second-order valence-electron chi connectivity index (χ2n) is 5.65. The average molecular weight is 323 g/mol. The summed E-state index contributed by atoms with van der Waals surface area (Å²) < 4.78 is 1.99. The maximum Gasteiger partial charge on any atom is 0.180 e. The van der Waals surface area contributed by atoms with Crippen LogP contribution < -0.4 is 5.32 Å². The number of aromatic nitrogens is 6. The van der Waals surface area contributed by atoms with Gasteiger partial charge in [0.1, 0.15) is 24.2 Å². The van der Waals surface area contributed by atoms with Crippen LogP contribution in [0.3, 0.4) is 0 Å². The van der Waals surface area contributed by atoms with E-state index in [1.54, 1.807) is 18.9 Å². The number of nitrogens with one attached hydrogen (secondary N) is 1. The predicted octanol–water partition coefficient (Wildman–Crippen LogP) is 2.64. The summed E-state index contributed by atoms with van der Waals surface area (Å²) in [6.45, 7) is 5.83. The fourth-order valence-electron chi connectivity index (χ4n) is 2.37. The highest BCUT2D eigenvalue weighted by Gasteiger charge is 2.10. The number of aryl methyl sites for hydroxylation is 2. The van der Waals surface area contributed by atoms with Crippen LogP contribution in [0, 0.1) is 13.8 Å². The molecule has 0 aliphatic heterocycles. The van der Waals surface area contributed by atoms with E-state index in [2.05, 4.69) is 30.5 Å². The Bertz CT molecular complexity index is 769. The molecule has 0 aliphatic carbocycles. The van der Waals surface area contributed by atoms with E-state index in [-0.39, 0.29) is 0 Å². The first-order valence-electron chi connectivity index (χ1n) is 8.07. The molecular weight excluding hydrogens is 302 g/mol. The van der Waals surface area contributed by atoms with Crippen molar-refractivity contribution in [1.29, 1.82) is 0 Å². The van der Waals surface area contributed by atoms with Crippen molar-refractivity contribution >= 4 is 5.82 Å². The zero-order valence-corrected chi connectivity index (χ0v) is 14.0. The summed E-state index contributed by atoms with van der Waals surface area (Å²) in [6, 6.07) is 5.76. The zero-order valence-electron chi connectivity index (χ0n) is 14.0. The number of rotatable bonds is 7. The Labute approximate surface area is 141 Å². The lowest BCUT2D eigenvalue weighted by molar-refractivity contribution is 0.619. The molecule has 3 rings (SSSR count). The normalized spacial score (nSPS) is 10.8. The van der Waals surface area contributed by atoms with Crippen molar-refractivity contribution in [1.82, 2.24) is 29.7 Å². The first kappa shape index (κ1) is 16.0. The molecular formula is C17H21N7. The number of hydrogen-bond acceptors (Lipinski definition) is 6. The van der Waals surface area contributed by atoms with E-state index >= 15 is 0 Å². The van der Waals surface area contributed by atoms with Crippen molar-refractivity contribution in [2.45, 2.75) is 33.2 Å².